The molecule has 0 aliphatic heterocycles. The molecule has 5 heteroatoms. The molecule has 6 aromatic rings. The minimum absolute atomic E-state index is 0.162. The van der Waals surface area contributed by atoms with Crippen LogP contribution in [0.5, 0.6) is 0 Å². The van der Waals surface area contributed by atoms with Gasteiger partial charge in [-0.25, -0.2) is 0 Å². The van der Waals surface area contributed by atoms with Crippen molar-refractivity contribution in [1.82, 2.24) is 9.97 Å². The van der Waals surface area contributed by atoms with E-state index >= 15 is 0 Å². The molecule has 0 amide bonds. The van der Waals surface area contributed by atoms with Crippen LogP contribution in [0.15, 0.2) is 122 Å². The van der Waals surface area contributed by atoms with Crippen LogP contribution in [-0.2, 0) is 17.6 Å². The van der Waals surface area contributed by atoms with Gasteiger partial charge in [0.15, 0.2) is 0 Å². The van der Waals surface area contributed by atoms with E-state index in [0.29, 0.717) is 22.9 Å². The quantitative estimate of drug-likeness (QED) is 0.186. The van der Waals surface area contributed by atoms with Crippen molar-refractivity contribution >= 4 is 50.8 Å². The monoisotopic (exact) mass is 560 g/mol. The van der Waals surface area contributed by atoms with Gasteiger partial charge in [0, 0.05) is 45.0 Å². The van der Waals surface area contributed by atoms with Gasteiger partial charge in [0.1, 0.15) is 5.78 Å². The average molecular weight is 562 g/mol. The number of carbonyl (C=O) groups excluding carboxylic acids is 1. The normalized spacial score (nSPS) is 12.8. The van der Waals surface area contributed by atoms with E-state index in [1.54, 1.807) is 0 Å². The first-order valence-electron chi connectivity index (χ1n) is 13.3. The highest BCUT2D eigenvalue weighted by Crippen LogP contribution is 2.33. The Morgan fingerprint density at radius 1 is 0.575 bits per heavy atom. The summed E-state index contributed by atoms with van der Waals surface area (Å²) in [5.74, 6) is -0.546. The maximum absolute atomic E-state index is 14.6. The standard InChI is InChI=1S/C35H26Cl2N2O/c36-29-11-13-33-27(19-29)15-23(21-38-33)17-31(25-7-3-1-4-8-25)35(40)32(26-9-5-2-6-10-26)18-24-16-28-20-30(37)12-14-34(28)39-22-24/h1-16,19-22,31-32H,17-18H2. The lowest BCUT2D eigenvalue weighted by Crippen LogP contribution is -2.24. The Morgan fingerprint density at radius 2 is 1.00 bits per heavy atom. The van der Waals surface area contributed by atoms with Crippen LogP contribution in [0, 0.1) is 0 Å². The summed E-state index contributed by atoms with van der Waals surface area (Å²) in [6, 6.07) is 35.6. The molecule has 2 atom stereocenters. The number of fused-ring (bicyclic) bond motifs is 2. The number of pyridine rings is 2. The smallest absolute Gasteiger partial charge is 0.148 e. The summed E-state index contributed by atoms with van der Waals surface area (Å²) in [6.45, 7) is 0. The summed E-state index contributed by atoms with van der Waals surface area (Å²) in [5.41, 5.74) is 5.71. The lowest BCUT2D eigenvalue weighted by atomic mass is 9.78. The summed E-state index contributed by atoms with van der Waals surface area (Å²) >= 11 is 12.5. The van der Waals surface area contributed by atoms with Crippen LogP contribution in [0.25, 0.3) is 21.8 Å². The summed E-state index contributed by atoms with van der Waals surface area (Å²) in [6.07, 6.45) is 4.81. The van der Waals surface area contributed by atoms with Crippen molar-refractivity contribution in [2.24, 2.45) is 0 Å². The molecule has 0 saturated carbocycles. The molecule has 0 aliphatic carbocycles. The number of rotatable bonds is 8. The van der Waals surface area contributed by atoms with Gasteiger partial charge in [-0.2, -0.15) is 0 Å². The number of halogens is 2. The number of carbonyl (C=O) groups is 1. The molecule has 6 rings (SSSR count). The van der Waals surface area contributed by atoms with Gasteiger partial charge in [0.25, 0.3) is 0 Å². The fraction of sp³-hybridized carbons (Fsp3) is 0.114. The molecular weight excluding hydrogens is 535 g/mol. The Balaban J connectivity index is 1.39. The Kier molecular flexibility index (Phi) is 7.59. The van der Waals surface area contributed by atoms with Crippen LogP contribution in [0.3, 0.4) is 0 Å². The summed E-state index contributed by atoms with van der Waals surface area (Å²) < 4.78 is 0. The maximum atomic E-state index is 14.6. The van der Waals surface area contributed by atoms with Crippen LogP contribution in [0.1, 0.15) is 34.1 Å². The van der Waals surface area contributed by atoms with Gasteiger partial charge in [-0.15, -0.1) is 0 Å². The zero-order valence-corrected chi connectivity index (χ0v) is 23.2. The zero-order chi connectivity index (χ0) is 27.5. The van der Waals surface area contributed by atoms with Gasteiger partial charge in [0.2, 0.25) is 0 Å². The lowest BCUT2D eigenvalue weighted by molar-refractivity contribution is -0.122. The first-order chi connectivity index (χ1) is 19.5. The van der Waals surface area contributed by atoms with Gasteiger partial charge in [0.05, 0.1) is 11.0 Å². The van der Waals surface area contributed by atoms with E-state index in [0.717, 1.165) is 44.1 Å². The molecule has 0 saturated heterocycles. The lowest BCUT2D eigenvalue weighted by Gasteiger charge is -2.24. The number of nitrogens with zero attached hydrogens (tertiary/aromatic N) is 2. The van der Waals surface area contributed by atoms with Gasteiger partial charge in [-0.3, -0.25) is 14.8 Å². The zero-order valence-electron chi connectivity index (χ0n) is 21.7. The van der Waals surface area contributed by atoms with Gasteiger partial charge < -0.3 is 0 Å². The van der Waals surface area contributed by atoms with E-state index in [2.05, 4.69) is 22.1 Å². The van der Waals surface area contributed by atoms with Crippen LogP contribution >= 0.6 is 23.2 Å². The van der Waals surface area contributed by atoms with E-state index in [4.69, 9.17) is 23.2 Å². The Labute approximate surface area is 243 Å². The first kappa shape index (κ1) is 26.2. The summed E-state index contributed by atoms with van der Waals surface area (Å²) in [7, 11) is 0. The molecule has 0 spiro atoms. The predicted octanol–water partition coefficient (Wildman–Crippen LogP) is 9.01. The number of hydrogen-bond donors (Lipinski definition) is 0. The van der Waals surface area contributed by atoms with Gasteiger partial charge in [-0.1, -0.05) is 83.9 Å². The molecule has 196 valence electrons. The topological polar surface area (TPSA) is 42.9 Å². The van der Waals surface area contributed by atoms with Crippen molar-refractivity contribution in [1.29, 1.82) is 0 Å². The number of aromatic nitrogens is 2. The third-order valence-electron chi connectivity index (χ3n) is 7.37. The van der Waals surface area contributed by atoms with Crippen LogP contribution in [0.4, 0.5) is 0 Å². The molecule has 2 unspecified atom stereocenters. The molecule has 0 aliphatic rings. The largest absolute Gasteiger partial charge is 0.298 e. The molecule has 0 N–H and O–H groups in total. The molecule has 0 fully saturated rings. The first-order valence-corrected chi connectivity index (χ1v) is 14.0. The van der Waals surface area contributed by atoms with E-state index in [1.165, 1.54) is 0 Å². The molecular formula is C35H26Cl2N2O. The highest BCUT2D eigenvalue weighted by Gasteiger charge is 2.30. The second-order valence-electron chi connectivity index (χ2n) is 10.1. The second-order valence-corrected chi connectivity index (χ2v) is 11.0. The predicted molar refractivity (Wildman–Crippen MR) is 164 cm³/mol. The van der Waals surface area contributed by atoms with E-state index in [9.17, 15) is 4.79 Å². The number of Topliss-reactive ketones (excluding diaryl/α,β-unsaturated/α-hetero) is 1. The third-order valence-corrected chi connectivity index (χ3v) is 7.84. The highest BCUT2D eigenvalue weighted by molar-refractivity contribution is 6.31. The van der Waals surface area contributed by atoms with E-state index in [1.807, 2.05) is 109 Å². The minimum atomic E-state index is -0.354. The SMILES string of the molecule is O=C(C(Cc1cnc2ccc(Cl)cc2c1)c1ccccc1)C(Cc1cnc2ccc(Cl)cc2c1)c1ccccc1. The highest BCUT2D eigenvalue weighted by atomic mass is 35.5. The Hall–Kier alpha value is -4.05. The van der Waals surface area contributed by atoms with Crippen molar-refractivity contribution in [2.45, 2.75) is 24.7 Å². The number of benzene rings is 4. The van der Waals surface area contributed by atoms with Crippen LogP contribution < -0.4 is 0 Å². The van der Waals surface area contributed by atoms with Crippen molar-refractivity contribution in [2.75, 3.05) is 0 Å². The van der Waals surface area contributed by atoms with Crippen molar-refractivity contribution in [3.05, 3.63) is 154 Å². The molecule has 2 aromatic heterocycles. The fourth-order valence-corrected chi connectivity index (χ4v) is 5.73. The molecule has 40 heavy (non-hydrogen) atoms. The fourth-order valence-electron chi connectivity index (χ4n) is 5.37. The number of ketones is 1. The minimum Gasteiger partial charge on any atom is -0.298 e. The third kappa shape index (κ3) is 5.77. The Bertz CT molecular complexity index is 1670. The molecule has 4 aromatic carbocycles. The van der Waals surface area contributed by atoms with Gasteiger partial charge in [-0.05, 0) is 83.6 Å². The number of hydrogen-bond acceptors (Lipinski definition) is 3. The van der Waals surface area contributed by atoms with Crippen LogP contribution in [-0.4, -0.2) is 15.8 Å². The second kappa shape index (κ2) is 11.6. The average Bonchev–Trinajstić information content (AvgIpc) is 2.99. The Morgan fingerprint density at radius 3 is 1.43 bits per heavy atom. The molecule has 3 nitrogen and oxygen atoms in total. The van der Waals surface area contributed by atoms with Crippen molar-refractivity contribution in [3.8, 4) is 0 Å². The molecule has 0 radical (unpaired) electrons. The molecule has 0 bridgehead atoms. The van der Waals surface area contributed by atoms with Crippen LogP contribution in [0.2, 0.25) is 10.0 Å². The maximum Gasteiger partial charge on any atom is 0.148 e. The van der Waals surface area contributed by atoms with Crippen molar-refractivity contribution < 1.29 is 4.79 Å². The van der Waals surface area contributed by atoms with Gasteiger partial charge >= 0.3 is 0 Å². The summed E-state index contributed by atoms with van der Waals surface area (Å²) in [5, 5.41) is 3.25. The summed E-state index contributed by atoms with van der Waals surface area (Å²) in [4.78, 5) is 23.9. The molecule has 2 heterocycles. The van der Waals surface area contributed by atoms with E-state index < -0.39 is 0 Å². The van der Waals surface area contributed by atoms with Crippen molar-refractivity contribution in [3.63, 3.8) is 0 Å². The van der Waals surface area contributed by atoms with E-state index in [-0.39, 0.29) is 17.6 Å².